The van der Waals surface area contributed by atoms with Crippen LogP contribution in [0.15, 0.2) is 58.2 Å². The van der Waals surface area contributed by atoms with Gasteiger partial charge in [0.2, 0.25) is 5.91 Å². The van der Waals surface area contributed by atoms with E-state index in [0.29, 0.717) is 27.1 Å². The van der Waals surface area contributed by atoms with Crippen LogP contribution in [0, 0.1) is 6.92 Å². The predicted molar refractivity (Wildman–Crippen MR) is 107 cm³/mol. The number of nitrogens with zero attached hydrogens (tertiary/aromatic N) is 2. The van der Waals surface area contributed by atoms with E-state index in [2.05, 4.69) is 20.8 Å². The van der Waals surface area contributed by atoms with Crippen molar-refractivity contribution in [2.24, 2.45) is 0 Å². The molecular formula is C19H17ClN4O3S. The lowest BCUT2D eigenvalue weighted by atomic mass is 10.2. The summed E-state index contributed by atoms with van der Waals surface area (Å²) < 4.78 is 5.04. The standard InChI is InChI=1S/C19H17ClN4O3S/c1-12-9-15(24-27-12)11-28-19-16(3-2-8-21-19)18(26)22-10-17(25)23-14-6-4-13(20)5-7-14/h2-9H,10-11H2,1H3,(H,22,26)(H,23,25). The number of carbonyl (C=O) groups is 2. The van der Waals surface area contributed by atoms with Crippen LogP contribution in [0.4, 0.5) is 5.69 Å². The molecule has 0 radical (unpaired) electrons. The van der Waals surface area contributed by atoms with Crippen LogP contribution in [0.3, 0.4) is 0 Å². The van der Waals surface area contributed by atoms with Crippen LogP contribution in [-0.4, -0.2) is 28.5 Å². The quantitative estimate of drug-likeness (QED) is 0.570. The molecular weight excluding hydrogens is 400 g/mol. The number of nitrogens with one attached hydrogen (secondary N) is 2. The summed E-state index contributed by atoms with van der Waals surface area (Å²) in [6, 6.07) is 11.9. The largest absolute Gasteiger partial charge is 0.361 e. The average Bonchev–Trinajstić information content (AvgIpc) is 3.12. The second-order valence-electron chi connectivity index (χ2n) is 5.81. The molecule has 0 atom stereocenters. The van der Waals surface area contributed by atoms with Gasteiger partial charge in [0.15, 0.2) is 0 Å². The third-order valence-corrected chi connectivity index (χ3v) is 4.88. The molecule has 0 spiro atoms. The van der Waals surface area contributed by atoms with Crippen molar-refractivity contribution in [3.63, 3.8) is 0 Å². The van der Waals surface area contributed by atoms with Crippen LogP contribution in [-0.2, 0) is 10.5 Å². The van der Waals surface area contributed by atoms with Crippen LogP contribution in [0.5, 0.6) is 0 Å². The Balaban J connectivity index is 1.56. The highest BCUT2D eigenvalue weighted by Gasteiger charge is 2.15. The number of aromatic nitrogens is 2. The van der Waals surface area contributed by atoms with Gasteiger partial charge in [0, 0.05) is 28.7 Å². The van der Waals surface area contributed by atoms with Gasteiger partial charge in [-0.05, 0) is 43.3 Å². The normalized spacial score (nSPS) is 10.5. The van der Waals surface area contributed by atoms with Crippen LogP contribution in [0.2, 0.25) is 5.02 Å². The zero-order valence-corrected chi connectivity index (χ0v) is 16.5. The molecule has 0 saturated carbocycles. The van der Waals surface area contributed by atoms with Gasteiger partial charge in [-0.2, -0.15) is 0 Å². The molecule has 9 heteroatoms. The lowest BCUT2D eigenvalue weighted by molar-refractivity contribution is -0.115. The molecule has 0 aliphatic rings. The van der Waals surface area contributed by atoms with Crippen LogP contribution >= 0.6 is 23.4 Å². The first-order valence-corrected chi connectivity index (χ1v) is 9.71. The summed E-state index contributed by atoms with van der Waals surface area (Å²) in [5.41, 5.74) is 1.76. The summed E-state index contributed by atoms with van der Waals surface area (Å²) in [4.78, 5) is 28.8. The van der Waals surface area contributed by atoms with E-state index < -0.39 is 0 Å². The third kappa shape index (κ3) is 5.58. The van der Waals surface area contributed by atoms with Gasteiger partial charge in [-0.1, -0.05) is 28.5 Å². The van der Waals surface area contributed by atoms with Crippen molar-refractivity contribution in [2.45, 2.75) is 17.7 Å². The highest BCUT2D eigenvalue weighted by Crippen LogP contribution is 2.24. The maximum absolute atomic E-state index is 12.5. The number of benzene rings is 1. The van der Waals surface area contributed by atoms with Gasteiger partial charge >= 0.3 is 0 Å². The van der Waals surface area contributed by atoms with Gasteiger partial charge in [0.25, 0.3) is 5.91 Å². The second kappa shape index (κ2) is 9.38. The minimum atomic E-state index is -0.377. The molecule has 3 aromatic rings. The van der Waals surface area contributed by atoms with Crippen molar-refractivity contribution in [1.29, 1.82) is 0 Å². The minimum Gasteiger partial charge on any atom is -0.361 e. The number of hydrogen-bond acceptors (Lipinski definition) is 6. The molecule has 0 unspecified atom stereocenters. The van der Waals surface area contributed by atoms with Crippen molar-refractivity contribution in [1.82, 2.24) is 15.5 Å². The number of carbonyl (C=O) groups excluding carboxylic acids is 2. The second-order valence-corrected chi connectivity index (χ2v) is 7.21. The Morgan fingerprint density at radius 2 is 2.00 bits per heavy atom. The van der Waals surface area contributed by atoms with E-state index in [1.807, 2.05) is 13.0 Å². The van der Waals surface area contributed by atoms with E-state index >= 15 is 0 Å². The number of rotatable bonds is 7. The molecule has 0 aliphatic heterocycles. The first kappa shape index (κ1) is 19.9. The van der Waals surface area contributed by atoms with E-state index in [1.165, 1.54) is 11.8 Å². The highest BCUT2D eigenvalue weighted by molar-refractivity contribution is 7.98. The summed E-state index contributed by atoms with van der Waals surface area (Å²) in [7, 11) is 0. The van der Waals surface area contributed by atoms with Gasteiger partial charge in [-0.25, -0.2) is 4.98 Å². The molecule has 0 bridgehead atoms. The first-order chi connectivity index (χ1) is 13.5. The van der Waals surface area contributed by atoms with E-state index in [4.69, 9.17) is 16.1 Å². The molecule has 0 fully saturated rings. The SMILES string of the molecule is Cc1cc(CSc2ncccc2C(=O)NCC(=O)Nc2ccc(Cl)cc2)no1. The van der Waals surface area contributed by atoms with Gasteiger partial charge in [0.05, 0.1) is 17.8 Å². The summed E-state index contributed by atoms with van der Waals surface area (Å²) >= 11 is 7.19. The number of hydrogen-bond donors (Lipinski definition) is 2. The minimum absolute atomic E-state index is 0.164. The van der Waals surface area contributed by atoms with Gasteiger partial charge in [-0.3, -0.25) is 9.59 Å². The summed E-state index contributed by atoms with van der Waals surface area (Å²) in [6.45, 7) is 1.65. The fraction of sp³-hybridized carbons (Fsp3) is 0.158. The Morgan fingerprint density at radius 3 is 2.71 bits per heavy atom. The number of amides is 2. The third-order valence-electron chi connectivity index (χ3n) is 3.59. The summed E-state index contributed by atoms with van der Waals surface area (Å²) in [5, 5.41) is 10.4. The smallest absolute Gasteiger partial charge is 0.254 e. The van der Waals surface area contributed by atoms with Gasteiger partial charge in [-0.15, -0.1) is 0 Å². The number of pyridine rings is 1. The number of aryl methyl sites for hydroxylation is 1. The first-order valence-electron chi connectivity index (χ1n) is 8.35. The molecule has 28 heavy (non-hydrogen) atoms. The van der Waals surface area contributed by atoms with Crippen molar-refractivity contribution < 1.29 is 14.1 Å². The average molecular weight is 417 g/mol. The molecule has 2 N–H and O–H groups in total. The molecule has 3 rings (SSSR count). The molecule has 0 saturated heterocycles. The Morgan fingerprint density at radius 1 is 1.21 bits per heavy atom. The van der Waals surface area contributed by atoms with E-state index in [1.54, 1.807) is 42.6 Å². The van der Waals surface area contributed by atoms with E-state index in [0.717, 1.165) is 11.5 Å². The van der Waals surface area contributed by atoms with Crippen molar-refractivity contribution >= 4 is 40.9 Å². The van der Waals surface area contributed by atoms with Crippen LogP contribution in [0.25, 0.3) is 0 Å². The van der Waals surface area contributed by atoms with Crippen molar-refractivity contribution in [2.75, 3.05) is 11.9 Å². The Hall–Kier alpha value is -2.84. The maximum atomic E-state index is 12.5. The monoisotopic (exact) mass is 416 g/mol. The van der Waals surface area contributed by atoms with E-state index in [-0.39, 0.29) is 18.4 Å². The van der Waals surface area contributed by atoms with Crippen LogP contribution < -0.4 is 10.6 Å². The zero-order valence-electron chi connectivity index (χ0n) is 14.9. The lowest BCUT2D eigenvalue weighted by Crippen LogP contribution is -2.33. The molecule has 144 valence electrons. The van der Waals surface area contributed by atoms with Gasteiger partial charge < -0.3 is 15.2 Å². The molecule has 0 aliphatic carbocycles. The molecule has 7 nitrogen and oxygen atoms in total. The summed E-state index contributed by atoms with van der Waals surface area (Å²) in [6.07, 6.45) is 1.61. The van der Waals surface area contributed by atoms with E-state index in [9.17, 15) is 9.59 Å². The highest BCUT2D eigenvalue weighted by atomic mass is 35.5. The summed E-state index contributed by atoms with van der Waals surface area (Å²) in [5.74, 6) is 0.525. The Bertz CT molecular complexity index is 975. The zero-order chi connectivity index (χ0) is 19.9. The number of anilines is 1. The molecule has 2 amide bonds. The van der Waals surface area contributed by atoms with Crippen LogP contribution in [0.1, 0.15) is 21.8 Å². The fourth-order valence-corrected chi connectivity index (χ4v) is 3.30. The van der Waals surface area contributed by atoms with Gasteiger partial charge in [0.1, 0.15) is 10.8 Å². The lowest BCUT2D eigenvalue weighted by Gasteiger charge is -2.09. The maximum Gasteiger partial charge on any atom is 0.254 e. The number of thioether (sulfide) groups is 1. The molecule has 2 heterocycles. The Kier molecular flexibility index (Phi) is 6.67. The van der Waals surface area contributed by atoms with Crippen molar-refractivity contribution in [3.8, 4) is 0 Å². The molecule has 2 aromatic heterocycles. The molecule has 1 aromatic carbocycles. The fourth-order valence-electron chi connectivity index (χ4n) is 2.30. The number of halogens is 1. The topological polar surface area (TPSA) is 97.1 Å². The van der Waals surface area contributed by atoms with Crippen molar-refractivity contribution in [3.05, 3.63) is 70.7 Å². The predicted octanol–water partition coefficient (Wildman–Crippen LogP) is 3.69. The Labute approximate surface area is 170 Å².